The van der Waals surface area contributed by atoms with Gasteiger partial charge in [-0.15, -0.1) is 0 Å². The predicted octanol–water partition coefficient (Wildman–Crippen LogP) is 2.11. The third-order valence-corrected chi connectivity index (χ3v) is 3.43. The molecule has 2 N–H and O–H groups in total. The fourth-order valence-corrected chi connectivity index (χ4v) is 2.55. The van der Waals surface area contributed by atoms with Gasteiger partial charge in [-0.2, -0.15) is 0 Å². The number of morpholine rings is 1. The van der Waals surface area contributed by atoms with Gasteiger partial charge in [0.1, 0.15) is 0 Å². The van der Waals surface area contributed by atoms with Crippen LogP contribution in [-0.2, 0) is 4.74 Å². The summed E-state index contributed by atoms with van der Waals surface area (Å²) in [6.45, 7) is 10.0. The van der Waals surface area contributed by atoms with Crippen molar-refractivity contribution < 1.29 is 4.74 Å². The summed E-state index contributed by atoms with van der Waals surface area (Å²) in [5, 5.41) is 0. The fourth-order valence-electron chi connectivity index (χ4n) is 2.55. The number of ether oxygens (including phenoxy) is 1. The highest BCUT2D eigenvalue weighted by molar-refractivity contribution is 5.25. The molecule has 0 aliphatic carbocycles. The van der Waals surface area contributed by atoms with Crippen molar-refractivity contribution in [3.05, 3.63) is 35.4 Å². The zero-order chi connectivity index (χ0) is 13.2. The smallest absolute Gasteiger partial charge is 0.0753 e. The Morgan fingerprint density at radius 1 is 1.44 bits per heavy atom. The SMILES string of the molecule is Cc1cccc(C(N)CN2CCOC(C)(C)C2)c1. The van der Waals surface area contributed by atoms with Gasteiger partial charge < -0.3 is 10.5 Å². The monoisotopic (exact) mass is 248 g/mol. The number of nitrogens with two attached hydrogens (primary N) is 1. The minimum absolute atomic E-state index is 0.0510. The average molecular weight is 248 g/mol. The number of benzene rings is 1. The highest BCUT2D eigenvalue weighted by Crippen LogP contribution is 2.19. The molecular formula is C15H24N2O. The molecule has 1 aromatic rings. The molecule has 1 aromatic carbocycles. The van der Waals surface area contributed by atoms with Crippen LogP contribution in [0.2, 0.25) is 0 Å². The highest BCUT2D eigenvalue weighted by Gasteiger charge is 2.27. The van der Waals surface area contributed by atoms with E-state index < -0.39 is 0 Å². The first kappa shape index (κ1) is 13.5. The van der Waals surface area contributed by atoms with E-state index in [0.717, 1.165) is 26.2 Å². The Balaban J connectivity index is 1.97. The second-order valence-corrected chi connectivity index (χ2v) is 5.86. The number of nitrogens with zero attached hydrogens (tertiary/aromatic N) is 1. The average Bonchev–Trinajstić information content (AvgIpc) is 2.27. The Kier molecular flexibility index (Phi) is 4.05. The predicted molar refractivity (Wildman–Crippen MR) is 74.6 cm³/mol. The molecule has 1 saturated heterocycles. The van der Waals surface area contributed by atoms with Gasteiger partial charge in [0.05, 0.1) is 12.2 Å². The molecule has 1 fully saturated rings. The number of hydrogen-bond donors (Lipinski definition) is 1. The second-order valence-electron chi connectivity index (χ2n) is 5.86. The molecule has 18 heavy (non-hydrogen) atoms. The number of hydrogen-bond acceptors (Lipinski definition) is 3. The lowest BCUT2D eigenvalue weighted by Gasteiger charge is -2.39. The van der Waals surface area contributed by atoms with Gasteiger partial charge in [-0.25, -0.2) is 0 Å². The molecule has 1 heterocycles. The molecule has 0 amide bonds. The standard InChI is InChI=1S/C15H24N2O/c1-12-5-4-6-13(9-12)14(16)10-17-7-8-18-15(2,3)11-17/h4-6,9,14H,7-8,10-11,16H2,1-3H3. The molecule has 1 unspecified atom stereocenters. The van der Waals surface area contributed by atoms with E-state index in [-0.39, 0.29) is 11.6 Å². The van der Waals surface area contributed by atoms with Crippen molar-refractivity contribution in [3.8, 4) is 0 Å². The molecule has 0 spiro atoms. The summed E-state index contributed by atoms with van der Waals surface area (Å²) in [6.07, 6.45) is 0. The van der Waals surface area contributed by atoms with E-state index >= 15 is 0 Å². The van der Waals surface area contributed by atoms with E-state index in [1.807, 2.05) is 0 Å². The van der Waals surface area contributed by atoms with Crippen LogP contribution in [-0.4, -0.2) is 36.7 Å². The summed E-state index contributed by atoms with van der Waals surface area (Å²) >= 11 is 0. The van der Waals surface area contributed by atoms with Crippen molar-refractivity contribution >= 4 is 0 Å². The summed E-state index contributed by atoms with van der Waals surface area (Å²) in [5.74, 6) is 0. The summed E-state index contributed by atoms with van der Waals surface area (Å²) < 4.78 is 5.72. The van der Waals surface area contributed by atoms with E-state index in [2.05, 4.69) is 49.9 Å². The highest BCUT2D eigenvalue weighted by atomic mass is 16.5. The molecule has 3 nitrogen and oxygen atoms in total. The zero-order valence-corrected chi connectivity index (χ0v) is 11.6. The molecule has 100 valence electrons. The molecule has 0 saturated carbocycles. The molecule has 0 radical (unpaired) electrons. The van der Waals surface area contributed by atoms with E-state index in [4.69, 9.17) is 10.5 Å². The van der Waals surface area contributed by atoms with Crippen LogP contribution in [0.15, 0.2) is 24.3 Å². The van der Waals surface area contributed by atoms with Crippen molar-refractivity contribution in [2.45, 2.75) is 32.4 Å². The lowest BCUT2D eigenvalue weighted by atomic mass is 10.0. The van der Waals surface area contributed by atoms with Crippen LogP contribution in [0, 0.1) is 6.92 Å². The Bertz CT molecular complexity index is 403. The lowest BCUT2D eigenvalue weighted by molar-refractivity contribution is -0.0869. The van der Waals surface area contributed by atoms with Crippen molar-refractivity contribution in [1.82, 2.24) is 4.90 Å². The first-order valence-electron chi connectivity index (χ1n) is 6.65. The van der Waals surface area contributed by atoms with Crippen LogP contribution >= 0.6 is 0 Å². The van der Waals surface area contributed by atoms with E-state index in [1.165, 1.54) is 11.1 Å². The van der Waals surface area contributed by atoms with Gasteiger partial charge >= 0.3 is 0 Å². The van der Waals surface area contributed by atoms with E-state index in [0.29, 0.717) is 0 Å². The second kappa shape index (κ2) is 5.39. The first-order chi connectivity index (χ1) is 8.46. The Morgan fingerprint density at radius 3 is 2.89 bits per heavy atom. The molecule has 1 aliphatic rings. The molecular weight excluding hydrogens is 224 g/mol. The zero-order valence-electron chi connectivity index (χ0n) is 11.6. The first-order valence-corrected chi connectivity index (χ1v) is 6.65. The Morgan fingerprint density at radius 2 is 2.22 bits per heavy atom. The molecule has 0 aromatic heterocycles. The topological polar surface area (TPSA) is 38.5 Å². The molecule has 1 atom stereocenters. The minimum atomic E-state index is -0.0510. The quantitative estimate of drug-likeness (QED) is 0.890. The van der Waals surface area contributed by atoms with Crippen LogP contribution in [0.3, 0.4) is 0 Å². The molecule has 3 heteroatoms. The van der Waals surface area contributed by atoms with Crippen molar-refractivity contribution in [2.75, 3.05) is 26.2 Å². The van der Waals surface area contributed by atoms with Gasteiger partial charge in [0.2, 0.25) is 0 Å². The number of aryl methyl sites for hydroxylation is 1. The Hall–Kier alpha value is -0.900. The maximum Gasteiger partial charge on any atom is 0.0753 e. The molecule has 2 rings (SSSR count). The Labute approximate surface area is 110 Å². The van der Waals surface area contributed by atoms with Crippen LogP contribution in [0.5, 0.6) is 0 Å². The van der Waals surface area contributed by atoms with Crippen LogP contribution in [0.4, 0.5) is 0 Å². The summed E-state index contributed by atoms with van der Waals surface area (Å²) in [7, 11) is 0. The van der Waals surface area contributed by atoms with Gasteiger partial charge in [0.25, 0.3) is 0 Å². The lowest BCUT2D eigenvalue weighted by Crippen LogP contribution is -2.50. The van der Waals surface area contributed by atoms with Gasteiger partial charge in [-0.3, -0.25) is 4.90 Å². The largest absolute Gasteiger partial charge is 0.373 e. The number of rotatable bonds is 3. The maximum absolute atomic E-state index is 6.30. The van der Waals surface area contributed by atoms with Crippen molar-refractivity contribution in [1.29, 1.82) is 0 Å². The molecule has 0 bridgehead atoms. The maximum atomic E-state index is 6.30. The third-order valence-electron chi connectivity index (χ3n) is 3.43. The minimum Gasteiger partial charge on any atom is -0.373 e. The van der Waals surface area contributed by atoms with E-state index in [1.54, 1.807) is 0 Å². The van der Waals surface area contributed by atoms with Gasteiger partial charge in [-0.05, 0) is 26.3 Å². The summed E-state index contributed by atoms with van der Waals surface area (Å²) in [6, 6.07) is 8.56. The van der Waals surface area contributed by atoms with Gasteiger partial charge in [-0.1, -0.05) is 29.8 Å². The van der Waals surface area contributed by atoms with Crippen molar-refractivity contribution in [2.24, 2.45) is 5.73 Å². The molecule has 1 aliphatic heterocycles. The van der Waals surface area contributed by atoms with E-state index in [9.17, 15) is 0 Å². The van der Waals surface area contributed by atoms with Crippen LogP contribution in [0.25, 0.3) is 0 Å². The summed E-state index contributed by atoms with van der Waals surface area (Å²) in [5.41, 5.74) is 8.74. The third kappa shape index (κ3) is 3.55. The summed E-state index contributed by atoms with van der Waals surface area (Å²) in [4.78, 5) is 2.40. The van der Waals surface area contributed by atoms with Gasteiger partial charge in [0.15, 0.2) is 0 Å². The van der Waals surface area contributed by atoms with Crippen LogP contribution in [0.1, 0.15) is 31.0 Å². The van der Waals surface area contributed by atoms with Crippen molar-refractivity contribution in [3.63, 3.8) is 0 Å². The normalized spacial score (nSPS) is 21.8. The fraction of sp³-hybridized carbons (Fsp3) is 0.600. The van der Waals surface area contributed by atoms with Gasteiger partial charge in [0, 0.05) is 25.7 Å². The van der Waals surface area contributed by atoms with Crippen LogP contribution < -0.4 is 5.73 Å².